The zero-order valence-corrected chi connectivity index (χ0v) is 10.5. The Kier molecular flexibility index (Phi) is 3.11. The summed E-state index contributed by atoms with van der Waals surface area (Å²) in [6.07, 6.45) is 1.00. The maximum Gasteiger partial charge on any atom is 0.231 e. The minimum Gasteiger partial charge on any atom is -0.454 e. The second kappa shape index (κ2) is 4.76. The average Bonchev–Trinajstić information content (AvgIpc) is 2.97. The largest absolute Gasteiger partial charge is 0.454 e. The van der Waals surface area contributed by atoms with E-state index in [1.165, 1.54) is 5.56 Å². The molecule has 0 aliphatic carbocycles. The fourth-order valence-corrected chi connectivity index (χ4v) is 2.77. The molecule has 3 rings (SSSR count). The van der Waals surface area contributed by atoms with Crippen LogP contribution in [0.2, 0.25) is 0 Å². The number of rotatable bonds is 3. The van der Waals surface area contributed by atoms with Crippen molar-refractivity contribution < 1.29 is 9.47 Å². The van der Waals surface area contributed by atoms with Gasteiger partial charge in [0, 0.05) is 6.04 Å². The predicted molar refractivity (Wildman–Crippen MR) is 68.2 cm³/mol. The van der Waals surface area contributed by atoms with Crippen LogP contribution in [0.15, 0.2) is 18.2 Å². The van der Waals surface area contributed by atoms with Gasteiger partial charge < -0.3 is 15.2 Å². The zero-order valence-electron chi connectivity index (χ0n) is 10.5. The monoisotopic (exact) mass is 249 g/mol. The number of hydrogen-bond acceptors (Lipinski definition) is 5. The van der Waals surface area contributed by atoms with Crippen LogP contribution in [0.3, 0.4) is 0 Å². The van der Waals surface area contributed by atoms with Crippen LogP contribution in [0.5, 0.6) is 11.5 Å². The standard InChI is InChI=1S/C13H19N3O2/c1-8-10(4-5-14)13(16-15-8)9-2-3-11-12(6-9)18-7-17-11/h2-3,6,8,10,13,15-16H,4-5,7,14H2,1H3. The molecule has 1 aromatic carbocycles. The molecule has 1 fully saturated rings. The molecule has 0 spiro atoms. The van der Waals surface area contributed by atoms with Crippen molar-refractivity contribution in [2.75, 3.05) is 13.3 Å². The van der Waals surface area contributed by atoms with Crippen molar-refractivity contribution in [3.05, 3.63) is 23.8 Å². The third-order valence-electron chi connectivity index (χ3n) is 3.79. The molecule has 0 amide bonds. The highest BCUT2D eigenvalue weighted by Crippen LogP contribution is 2.38. The summed E-state index contributed by atoms with van der Waals surface area (Å²) >= 11 is 0. The number of benzene rings is 1. The van der Waals surface area contributed by atoms with Crippen LogP contribution in [0, 0.1) is 5.92 Å². The molecule has 98 valence electrons. The van der Waals surface area contributed by atoms with Gasteiger partial charge in [0.1, 0.15) is 0 Å². The van der Waals surface area contributed by atoms with Gasteiger partial charge in [0.05, 0.1) is 6.04 Å². The Morgan fingerprint density at radius 2 is 2.11 bits per heavy atom. The van der Waals surface area contributed by atoms with Gasteiger partial charge in [0.25, 0.3) is 0 Å². The van der Waals surface area contributed by atoms with E-state index in [0.717, 1.165) is 17.9 Å². The van der Waals surface area contributed by atoms with E-state index in [1.807, 2.05) is 6.07 Å². The molecule has 2 aliphatic rings. The van der Waals surface area contributed by atoms with Crippen LogP contribution >= 0.6 is 0 Å². The van der Waals surface area contributed by atoms with Crippen LogP contribution in [0.4, 0.5) is 0 Å². The molecule has 4 N–H and O–H groups in total. The van der Waals surface area contributed by atoms with Crippen molar-refractivity contribution in [1.29, 1.82) is 0 Å². The summed E-state index contributed by atoms with van der Waals surface area (Å²) in [6, 6.07) is 6.82. The van der Waals surface area contributed by atoms with Gasteiger partial charge in [-0.15, -0.1) is 0 Å². The first-order chi connectivity index (χ1) is 8.79. The van der Waals surface area contributed by atoms with E-state index in [2.05, 4.69) is 29.9 Å². The Hall–Kier alpha value is -1.30. The van der Waals surface area contributed by atoms with Gasteiger partial charge in [-0.1, -0.05) is 6.07 Å². The fourth-order valence-electron chi connectivity index (χ4n) is 2.77. The minimum atomic E-state index is 0.276. The van der Waals surface area contributed by atoms with Crippen molar-refractivity contribution in [2.45, 2.75) is 25.4 Å². The van der Waals surface area contributed by atoms with E-state index in [9.17, 15) is 0 Å². The third kappa shape index (κ3) is 1.94. The second-order valence-corrected chi connectivity index (χ2v) is 4.91. The highest BCUT2D eigenvalue weighted by molar-refractivity contribution is 5.45. The van der Waals surface area contributed by atoms with Crippen molar-refractivity contribution in [1.82, 2.24) is 10.9 Å². The number of hydrogen-bond donors (Lipinski definition) is 3. The molecule has 2 heterocycles. The Bertz CT molecular complexity index is 438. The maximum absolute atomic E-state index is 5.70. The number of ether oxygens (including phenoxy) is 2. The molecular formula is C13H19N3O2. The smallest absolute Gasteiger partial charge is 0.231 e. The highest BCUT2D eigenvalue weighted by atomic mass is 16.7. The van der Waals surface area contributed by atoms with E-state index in [-0.39, 0.29) is 6.04 Å². The summed E-state index contributed by atoms with van der Waals surface area (Å²) in [4.78, 5) is 0. The van der Waals surface area contributed by atoms with Crippen LogP contribution in [-0.4, -0.2) is 19.4 Å². The lowest BCUT2D eigenvalue weighted by molar-refractivity contribution is 0.174. The number of fused-ring (bicyclic) bond motifs is 1. The van der Waals surface area contributed by atoms with Gasteiger partial charge in [-0.2, -0.15) is 0 Å². The third-order valence-corrected chi connectivity index (χ3v) is 3.79. The summed E-state index contributed by atoms with van der Waals surface area (Å²) in [5, 5.41) is 0. The van der Waals surface area contributed by atoms with E-state index in [1.54, 1.807) is 0 Å². The SMILES string of the molecule is CC1NNC(c2ccc3c(c2)OCO3)C1CCN. The molecule has 0 aromatic heterocycles. The fraction of sp³-hybridized carbons (Fsp3) is 0.538. The molecule has 2 aliphatic heterocycles. The van der Waals surface area contributed by atoms with Gasteiger partial charge in [0.15, 0.2) is 11.5 Å². The maximum atomic E-state index is 5.70. The summed E-state index contributed by atoms with van der Waals surface area (Å²) in [5.41, 5.74) is 13.6. The van der Waals surface area contributed by atoms with Crippen LogP contribution in [0.1, 0.15) is 24.9 Å². The van der Waals surface area contributed by atoms with Crippen molar-refractivity contribution in [3.8, 4) is 11.5 Å². The summed E-state index contributed by atoms with van der Waals surface area (Å²) in [7, 11) is 0. The van der Waals surface area contributed by atoms with Crippen molar-refractivity contribution in [3.63, 3.8) is 0 Å². The lowest BCUT2D eigenvalue weighted by atomic mass is 9.87. The molecule has 0 bridgehead atoms. The molecule has 1 saturated heterocycles. The van der Waals surface area contributed by atoms with E-state index in [4.69, 9.17) is 15.2 Å². The van der Waals surface area contributed by atoms with Gasteiger partial charge in [-0.3, -0.25) is 5.43 Å². The van der Waals surface area contributed by atoms with E-state index >= 15 is 0 Å². The normalized spacial score (nSPS) is 29.8. The lowest BCUT2D eigenvalue weighted by Crippen LogP contribution is -2.29. The molecular weight excluding hydrogens is 230 g/mol. The predicted octanol–water partition coefficient (Wildman–Crippen LogP) is 0.918. The highest BCUT2D eigenvalue weighted by Gasteiger charge is 2.33. The Labute approximate surface area is 107 Å². The molecule has 0 saturated carbocycles. The summed E-state index contributed by atoms with van der Waals surface area (Å²) < 4.78 is 10.8. The van der Waals surface area contributed by atoms with Crippen LogP contribution in [0.25, 0.3) is 0 Å². The molecule has 3 unspecified atom stereocenters. The van der Waals surface area contributed by atoms with E-state index < -0.39 is 0 Å². The second-order valence-electron chi connectivity index (χ2n) is 4.91. The summed E-state index contributed by atoms with van der Waals surface area (Å²) in [5.74, 6) is 2.16. The number of hydrazine groups is 1. The minimum absolute atomic E-state index is 0.276. The van der Waals surface area contributed by atoms with Crippen LogP contribution < -0.4 is 26.1 Å². The van der Waals surface area contributed by atoms with Gasteiger partial charge in [0.2, 0.25) is 6.79 Å². The Balaban J connectivity index is 1.85. The molecule has 5 heteroatoms. The Morgan fingerprint density at radius 1 is 1.28 bits per heavy atom. The Morgan fingerprint density at radius 3 is 2.94 bits per heavy atom. The molecule has 5 nitrogen and oxygen atoms in total. The van der Waals surface area contributed by atoms with Crippen molar-refractivity contribution in [2.24, 2.45) is 11.7 Å². The number of nitrogens with one attached hydrogen (secondary N) is 2. The topological polar surface area (TPSA) is 68.5 Å². The molecule has 1 aromatic rings. The first kappa shape index (κ1) is 11.8. The van der Waals surface area contributed by atoms with Gasteiger partial charge in [-0.05, 0) is 43.5 Å². The average molecular weight is 249 g/mol. The van der Waals surface area contributed by atoms with Gasteiger partial charge >= 0.3 is 0 Å². The molecule has 18 heavy (non-hydrogen) atoms. The first-order valence-electron chi connectivity index (χ1n) is 6.40. The zero-order chi connectivity index (χ0) is 12.5. The first-order valence-corrected chi connectivity index (χ1v) is 6.40. The lowest BCUT2D eigenvalue weighted by Gasteiger charge is -2.20. The summed E-state index contributed by atoms with van der Waals surface area (Å²) in [6.45, 7) is 3.21. The molecule has 0 radical (unpaired) electrons. The molecule has 3 atom stereocenters. The quantitative estimate of drug-likeness (QED) is 0.743. The van der Waals surface area contributed by atoms with Crippen molar-refractivity contribution >= 4 is 0 Å². The van der Waals surface area contributed by atoms with Gasteiger partial charge in [-0.25, -0.2) is 5.43 Å². The van der Waals surface area contributed by atoms with Crippen LogP contribution in [-0.2, 0) is 0 Å². The van der Waals surface area contributed by atoms with E-state index in [0.29, 0.717) is 25.3 Å². The number of nitrogens with two attached hydrogens (primary N) is 1.